The van der Waals surface area contributed by atoms with Gasteiger partial charge in [-0.05, 0) is 190 Å². The molecule has 2 aliphatic rings. The van der Waals surface area contributed by atoms with Crippen LogP contribution in [-0.2, 0) is 89.9 Å². The highest BCUT2D eigenvalue weighted by atomic mass is 14.4. The maximum Gasteiger partial charge on any atom is -0.00142 e. The van der Waals surface area contributed by atoms with Gasteiger partial charge in [0.25, 0.3) is 0 Å². The first-order chi connectivity index (χ1) is 20.4. The van der Waals surface area contributed by atoms with Gasteiger partial charge in [-0.3, -0.25) is 0 Å². The Kier molecular flexibility index (Phi) is 9.42. The van der Waals surface area contributed by atoms with E-state index in [0.717, 1.165) is 64.2 Å². The van der Waals surface area contributed by atoms with Crippen molar-refractivity contribution in [1.29, 1.82) is 0 Å². The normalized spacial score (nSPS) is 13.6. The highest BCUT2D eigenvalue weighted by Gasteiger charge is 2.33. The third-order valence-corrected chi connectivity index (χ3v) is 11.5. The average Bonchev–Trinajstić information content (AvgIpc) is 3.02. The van der Waals surface area contributed by atoms with Gasteiger partial charge in [0.15, 0.2) is 0 Å². The zero-order chi connectivity index (χ0) is 30.3. The van der Waals surface area contributed by atoms with Gasteiger partial charge in [0.2, 0.25) is 0 Å². The fraction of sp³-hybridized carbons (Fsp3) is 0.571. The van der Waals surface area contributed by atoms with E-state index in [0.29, 0.717) is 0 Å². The van der Waals surface area contributed by atoms with E-state index in [1.807, 2.05) is 0 Å². The van der Waals surface area contributed by atoms with Crippen molar-refractivity contribution in [3.05, 3.63) is 100 Å². The van der Waals surface area contributed by atoms with E-state index in [1.165, 1.54) is 25.7 Å². The Labute approximate surface area is 258 Å². The van der Waals surface area contributed by atoms with Gasteiger partial charge in [-0.15, -0.1) is 0 Å². The van der Waals surface area contributed by atoms with E-state index in [2.05, 4.69) is 69.2 Å². The molecule has 0 aromatic heterocycles. The van der Waals surface area contributed by atoms with Crippen LogP contribution in [0.2, 0.25) is 0 Å². The summed E-state index contributed by atoms with van der Waals surface area (Å²) in [6.45, 7) is 24.1. The minimum Gasteiger partial charge on any atom is -0.0613 e. The van der Waals surface area contributed by atoms with E-state index in [9.17, 15) is 0 Å². The maximum absolute atomic E-state index is 2.44. The van der Waals surface area contributed by atoms with Gasteiger partial charge in [0.1, 0.15) is 0 Å². The molecule has 0 bridgehead atoms. The molecule has 0 N–H and O–H groups in total. The molecule has 0 heterocycles. The Bertz CT molecular complexity index is 1290. The maximum atomic E-state index is 2.44. The van der Waals surface area contributed by atoms with Crippen LogP contribution < -0.4 is 0 Å². The first-order valence-corrected chi connectivity index (χ1v) is 17.9. The summed E-state index contributed by atoms with van der Waals surface area (Å²) in [5.74, 6) is 0. The highest BCUT2D eigenvalue weighted by molar-refractivity contribution is 5.67. The first-order valence-electron chi connectivity index (χ1n) is 17.9. The number of benzene rings is 3. The van der Waals surface area contributed by atoms with Gasteiger partial charge in [0.05, 0.1) is 0 Å². The monoisotopic (exact) mass is 562 g/mol. The molecule has 0 amide bonds. The van der Waals surface area contributed by atoms with E-state index in [4.69, 9.17) is 0 Å². The summed E-state index contributed by atoms with van der Waals surface area (Å²) in [4.78, 5) is 0. The zero-order valence-electron chi connectivity index (χ0n) is 28.9. The smallest absolute Gasteiger partial charge is 0.00142 e. The van der Waals surface area contributed by atoms with Crippen LogP contribution in [0.3, 0.4) is 0 Å². The molecular weight excluding hydrogens is 504 g/mol. The fourth-order valence-corrected chi connectivity index (χ4v) is 9.96. The summed E-state index contributed by atoms with van der Waals surface area (Å²) >= 11 is 0. The quantitative estimate of drug-likeness (QED) is 0.159. The fourth-order valence-electron chi connectivity index (χ4n) is 9.96. The standard InChI is InChI=1S/C42H58/c1-11-25-26(12-2)30(16-6)36-22-40-34(20-10)42-24-38-32(18-8)28(14-4)27(13-3)31(17-7)37(38)23-41(42)33(19-9)39(40)21-35(36)29(25)15-5/h11-24H2,1-10H3. The van der Waals surface area contributed by atoms with Crippen LogP contribution in [0.1, 0.15) is 169 Å². The van der Waals surface area contributed by atoms with Crippen molar-refractivity contribution < 1.29 is 0 Å². The van der Waals surface area contributed by atoms with E-state index < -0.39 is 0 Å². The molecule has 226 valence electrons. The third kappa shape index (κ3) is 4.53. The molecule has 5 rings (SSSR count). The molecule has 0 spiro atoms. The second kappa shape index (κ2) is 12.7. The van der Waals surface area contributed by atoms with E-state index >= 15 is 0 Å². The van der Waals surface area contributed by atoms with Gasteiger partial charge < -0.3 is 0 Å². The molecule has 3 aromatic carbocycles. The summed E-state index contributed by atoms with van der Waals surface area (Å²) in [7, 11) is 0. The van der Waals surface area contributed by atoms with Crippen LogP contribution in [0.4, 0.5) is 0 Å². The van der Waals surface area contributed by atoms with Crippen molar-refractivity contribution in [3.8, 4) is 0 Å². The Morgan fingerprint density at radius 3 is 0.500 bits per heavy atom. The van der Waals surface area contributed by atoms with Crippen LogP contribution >= 0.6 is 0 Å². The summed E-state index contributed by atoms with van der Waals surface area (Å²) < 4.78 is 0. The minimum atomic E-state index is 1.16. The van der Waals surface area contributed by atoms with Crippen LogP contribution in [0.25, 0.3) is 0 Å². The van der Waals surface area contributed by atoms with Gasteiger partial charge in [-0.2, -0.15) is 0 Å². The molecule has 42 heavy (non-hydrogen) atoms. The molecule has 0 nitrogen and oxygen atoms in total. The predicted molar refractivity (Wildman–Crippen MR) is 184 cm³/mol. The molecule has 0 saturated heterocycles. The van der Waals surface area contributed by atoms with Gasteiger partial charge in [0, 0.05) is 0 Å². The van der Waals surface area contributed by atoms with Gasteiger partial charge in [-0.25, -0.2) is 0 Å². The number of rotatable bonds is 10. The highest BCUT2D eigenvalue weighted by Crippen LogP contribution is 2.46. The van der Waals surface area contributed by atoms with Crippen LogP contribution in [0.5, 0.6) is 0 Å². The van der Waals surface area contributed by atoms with Crippen molar-refractivity contribution in [2.75, 3.05) is 0 Å². The molecule has 2 aliphatic carbocycles. The molecule has 0 unspecified atom stereocenters. The molecule has 0 aliphatic heterocycles. The molecule has 3 aromatic rings. The van der Waals surface area contributed by atoms with Crippen LogP contribution in [-0.4, -0.2) is 0 Å². The van der Waals surface area contributed by atoms with Crippen molar-refractivity contribution in [3.63, 3.8) is 0 Å². The van der Waals surface area contributed by atoms with Crippen molar-refractivity contribution >= 4 is 0 Å². The molecular formula is C42H58. The SMILES string of the molecule is CCc1c(CC)c(CC)c2c(c1CC)Cc1c(CC)c3c(c(CC)c1C2)Cc1c(CC)c(CC)c(CC)c(CC)c1C3. The Morgan fingerprint density at radius 2 is 0.357 bits per heavy atom. The Balaban J connectivity index is 1.80. The van der Waals surface area contributed by atoms with Crippen LogP contribution in [0, 0.1) is 0 Å². The minimum absolute atomic E-state index is 1.16. The predicted octanol–water partition coefficient (Wildman–Crippen LogP) is 10.3. The average molecular weight is 563 g/mol. The Hall–Kier alpha value is -2.34. The number of hydrogen-bond donors (Lipinski definition) is 0. The molecule has 0 fully saturated rings. The van der Waals surface area contributed by atoms with E-state index in [-0.39, 0.29) is 0 Å². The summed E-state index contributed by atoms with van der Waals surface area (Å²) in [6, 6.07) is 0. The van der Waals surface area contributed by atoms with Crippen LogP contribution in [0.15, 0.2) is 0 Å². The summed E-state index contributed by atoms with van der Waals surface area (Å²) in [5.41, 5.74) is 30.7. The van der Waals surface area contributed by atoms with Gasteiger partial charge >= 0.3 is 0 Å². The zero-order valence-corrected chi connectivity index (χ0v) is 28.9. The van der Waals surface area contributed by atoms with Crippen molar-refractivity contribution in [1.82, 2.24) is 0 Å². The first kappa shape index (κ1) is 31.1. The lowest BCUT2D eigenvalue weighted by atomic mass is 9.68. The third-order valence-electron chi connectivity index (χ3n) is 11.5. The second-order valence-electron chi connectivity index (χ2n) is 12.9. The molecule has 0 atom stereocenters. The van der Waals surface area contributed by atoms with Gasteiger partial charge in [-0.1, -0.05) is 69.2 Å². The van der Waals surface area contributed by atoms with Crippen molar-refractivity contribution in [2.45, 2.75) is 159 Å². The lowest BCUT2D eigenvalue weighted by Gasteiger charge is -2.37. The molecule has 0 radical (unpaired) electrons. The Morgan fingerprint density at radius 1 is 0.214 bits per heavy atom. The van der Waals surface area contributed by atoms with E-state index in [1.54, 1.807) is 100 Å². The summed E-state index contributed by atoms with van der Waals surface area (Å²) in [6.07, 6.45) is 16.3. The number of fused-ring (bicyclic) bond motifs is 4. The molecule has 0 saturated carbocycles. The van der Waals surface area contributed by atoms with Crippen molar-refractivity contribution in [2.24, 2.45) is 0 Å². The lowest BCUT2D eigenvalue weighted by Crippen LogP contribution is -2.25. The number of hydrogen-bond acceptors (Lipinski definition) is 0. The largest absolute Gasteiger partial charge is 0.0613 e. The molecule has 0 heteroatoms. The summed E-state index contributed by atoms with van der Waals surface area (Å²) in [5, 5.41) is 0. The second-order valence-corrected chi connectivity index (χ2v) is 12.9. The topological polar surface area (TPSA) is 0 Å². The lowest BCUT2D eigenvalue weighted by molar-refractivity contribution is 0.813.